The highest BCUT2D eigenvalue weighted by molar-refractivity contribution is 6.31. The third-order valence-electron chi connectivity index (χ3n) is 3.85. The first kappa shape index (κ1) is 15.0. The van der Waals surface area contributed by atoms with Gasteiger partial charge in [0.25, 0.3) is 5.69 Å². The van der Waals surface area contributed by atoms with Gasteiger partial charge in [-0.15, -0.1) is 0 Å². The SMILES string of the molecule is CC1CCCC(Nc2cc(Cl)c(F)cc2[N+](=O)[O-])CC1. The number of nitrogens with one attached hydrogen (secondary N) is 1. The number of hydrogen-bond donors (Lipinski definition) is 1. The van der Waals surface area contributed by atoms with Gasteiger partial charge in [0.2, 0.25) is 0 Å². The number of rotatable bonds is 3. The zero-order chi connectivity index (χ0) is 14.7. The van der Waals surface area contributed by atoms with E-state index in [4.69, 9.17) is 11.6 Å². The Kier molecular flexibility index (Phi) is 4.81. The van der Waals surface area contributed by atoms with Crippen LogP contribution in [-0.4, -0.2) is 11.0 Å². The van der Waals surface area contributed by atoms with Crippen LogP contribution >= 0.6 is 11.6 Å². The van der Waals surface area contributed by atoms with Crippen LogP contribution in [0, 0.1) is 21.8 Å². The normalized spacial score (nSPS) is 23.1. The highest BCUT2D eigenvalue weighted by Crippen LogP contribution is 2.33. The Hall–Kier alpha value is -1.36. The van der Waals surface area contributed by atoms with Crippen LogP contribution in [0.3, 0.4) is 0 Å². The molecule has 1 fully saturated rings. The Bertz CT molecular complexity index is 510. The summed E-state index contributed by atoms with van der Waals surface area (Å²) in [6.07, 6.45) is 5.32. The fourth-order valence-electron chi connectivity index (χ4n) is 2.65. The van der Waals surface area contributed by atoms with Crippen molar-refractivity contribution in [1.29, 1.82) is 0 Å². The molecule has 2 atom stereocenters. The molecule has 1 aromatic carbocycles. The molecule has 0 bridgehead atoms. The summed E-state index contributed by atoms with van der Waals surface area (Å²) in [5.41, 5.74) is 0.0464. The summed E-state index contributed by atoms with van der Waals surface area (Å²) in [7, 11) is 0. The van der Waals surface area contributed by atoms with Gasteiger partial charge < -0.3 is 5.32 Å². The number of benzene rings is 1. The van der Waals surface area contributed by atoms with E-state index >= 15 is 0 Å². The fourth-order valence-corrected chi connectivity index (χ4v) is 2.82. The van der Waals surface area contributed by atoms with Gasteiger partial charge in [-0.2, -0.15) is 0 Å². The Balaban J connectivity index is 2.19. The summed E-state index contributed by atoms with van der Waals surface area (Å²) < 4.78 is 13.4. The van der Waals surface area contributed by atoms with Crippen LogP contribution in [0.2, 0.25) is 5.02 Å². The number of hydrogen-bond acceptors (Lipinski definition) is 3. The van der Waals surface area contributed by atoms with Gasteiger partial charge in [-0.1, -0.05) is 31.4 Å². The average Bonchev–Trinajstić information content (AvgIpc) is 2.58. The van der Waals surface area contributed by atoms with E-state index < -0.39 is 10.7 Å². The zero-order valence-corrected chi connectivity index (χ0v) is 12.1. The molecule has 1 N–H and O–H groups in total. The molecule has 1 aromatic rings. The van der Waals surface area contributed by atoms with Gasteiger partial charge >= 0.3 is 0 Å². The molecule has 0 radical (unpaired) electrons. The molecular weight excluding hydrogens is 283 g/mol. The van der Waals surface area contributed by atoms with Crippen LogP contribution in [0.5, 0.6) is 0 Å². The van der Waals surface area contributed by atoms with Crippen LogP contribution in [0.25, 0.3) is 0 Å². The fraction of sp³-hybridized carbons (Fsp3) is 0.571. The van der Waals surface area contributed by atoms with Crippen molar-refractivity contribution >= 4 is 23.0 Å². The minimum Gasteiger partial charge on any atom is -0.377 e. The highest BCUT2D eigenvalue weighted by Gasteiger charge is 2.22. The minimum absolute atomic E-state index is 0.0971. The average molecular weight is 301 g/mol. The van der Waals surface area contributed by atoms with E-state index in [0.29, 0.717) is 11.6 Å². The molecule has 0 aromatic heterocycles. The van der Waals surface area contributed by atoms with E-state index in [2.05, 4.69) is 12.2 Å². The Morgan fingerprint density at radius 2 is 2.10 bits per heavy atom. The maximum atomic E-state index is 13.4. The second kappa shape index (κ2) is 6.39. The molecule has 6 heteroatoms. The summed E-state index contributed by atoms with van der Waals surface area (Å²) in [6, 6.07) is 2.37. The summed E-state index contributed by atoms with van der Waals surface area (Å²) in [5.74, 6) is -0.0769. The van der Waals surface area contributed by atoms with E-state index in [0.717, 1.165) is 31.7 Å². The molecule has 20 heavy (non-hydrogen) atoms. The standard InChI is InChI=1S/C14H18ClFN2O2/c1-9-3-2-4-10(6-5-9)17-13-7-11(15)12(16)8-14(13)18(19)20/h7-10,17H,2-6H2,1H3. The maximum Gasteiger partial charge on any atom is 0.295 e. The quantitative estimate of drug-likeness (QED) is 0.497. The van der Waals surface area contributed by atoms with E-state index in [1.54, 1.807) is 0 Å². The second-order valence-electron chi connectivity index (χ2n) is 5.50. The molecule has 0 heterocycles. The van der Waals surface area contributed by atoms with Gasteiger partial charge in [0.05, 0.1) is 16.0 Å². The molecule has 2 rings (SSSR count). The number of nitrogens with zero attached hydrogens (tertiary/aromatic N) is 1. The number of anilines is 1. The van der Waals surface area contributed by atoms with Crippen molar-refractivity contribution in [3.05, 3.63) is 33.1 Å². The van der Waals surface area contributed by atoms with Crippen molar-refractivity contribution in [2.45, 2.75) is 45.1 Å². The molecule has 110 valence electrons. The Morgan fingerprint density at radius 3 is 2.80 bits per heavy atom. The van der Waals surface area contributed by atoms with E-state index in [1.165, 1.54) is 12.5 Å². The first-order valence-corrected chi connectivity index (χ1v) is 7.25. The van der Waals surface area contributed by atoms with Gasteiger partial charge in [-0.3, -0.25) is 10.1 Å². The highest BCUT2D eigenvalue weighted by atomic mass is 35.5. The molecule has 0 aliphatic heterocycles. The lowest BCUT2D eigenvalue weighted by Gasteiger charge is -2.18. The molecular formula is C14H18ClFN2O2. The second-order valence-corrected chi connectivity index (χ2v) is 5.90. The first-order valence-electron chi connectivity index (χ1n) is 6.87. The Labute approximate surface area is 122 Å². The van der Waals surface area contributed by atoms with Gasteiger partial charge in [0, 0.05) is 6.04 Å². The smallest absolute Gasteiger partial charge is 0.295 e. The van der Waals surface area contributed by atoms with E-state index in [-0.39, 0.29) is 16.8 Å². The van der Waals surface area contributed by atoms with Crippen LogP contribution in [0.15, 0.2) is 12.1 Å². The molecule has 0 saturated heterocycles. The van der Waals surface area contributed by atoms with Crippen molar-refractivity contribution in [2.75, 3.05) is 5.32 Å². The van der Waals surface area contributed by atoms with Crippen molar-refractivity contribution < 1.29 is 9.31 Å². The topological polar surface area (TPSA) is 55.2 Å². The molecule has 1 aliphatic carbocycles. The lowest BCUT2D eigenvalue weighted by molar-refractivity contribution is -0.384. The molecule has 1 saturated carbocycles. The third-order valence-corrected chi connectivity index (χ3v) is 4.14. The molecule has 0 amide bonds. The van der Waals surface area contributed by atoms with Gasteiger partial charge in [-0.05, 0) is 31.2 Å². The summed E-state index contributed by atoms with van der Waals surface area (Å²) >= 11 is 5.73. The van der Waals surface area contributed by atoms with Crippen LogP contribution in [0.1, 0.15) is 39.0 Å². The van der Waals surface area contributed by atoms with Crippen molar-refractivity contribution in [1.82, 2.24) is 0 Å². The third kappa shape index (κ3) is 3.60. The van der Waals surface area contributed by atoms with Gasteiger partial charge in [0.1, 0.15) is 11.5 Å². The van der Waals surface area contributed by atoms with Gasteiger partial charge in [-0.25, -0.2) is 4.39 Å². The van der Waals surface area contributed by atoms with Gasteiger partial charge in [0.15, 0.2) is 0 Å². The van der Waals surface area contributed by atoms with Crippen LogP contribution in [0.4, 0.5) is 15.8 Å². The lowest BCUT2D eigenvalue weighted by atomic mass is 10.0. The van der Waals surface area contributed by atoms with Crippen molar-refractivity contribution in [2.24, 2.45) is 5.92 Å². The molecule has 4 nitrogen and oxygen atoms in total. The molecule has 0 spiro atoms. The monoisotopic (exact) mass is 300 g/mol. The maximum absolute atomic E-state index is 13.4. The largest absolute Gasteiger partial charge is 0.377 e. The first-order chi connectivity index (χ1) is 9.47. The Morgan fingerprint density at radius 1 is 1.35 bits per heavy atom. The van der Waals surface area contributed by atoms with Crippen LogP contribution in [-0.2, 0) is 0 Å². The van der Waals surface area contributed by atoms with Crippen molar-refractivity contribution in [3.8, 4) is 0 Å². The van der Waals surface area contributed by atoms with E-state index in [1.807, 2.05) is 0 Å². The molecule has 2 unspecified atom stereocenters. The van der Waals surface area contributed by atoms with Crippen LogP contribution < -0.4 is 5.32 Å². The number of nitro benzene ring substituents is 1. The predicted molar refractivity (Wildman–Crippen MR) is 77.7 cm³/mol. The van der Waals surface area contributed by atoms with Crippen molar-refractivity contribution in [3.63, 3.8) is 0 Å². The minimum atomic E-state index is -0.765. The number of halogens is 2. The summed E-state index contributed by atoms with van der Waals surface area (Å²) in [5, 5.41) is 14.1. The zero-order valence-electron chi connectivity index (χ0n) is 11.4. The number of nitro groups is 1. The molecule has 1 aliphatic rings. The summed E-state index contributed by atoms with van der Waals surface area (Å²) in [6.45, 7) is 2.22. The predicted octanol–water partition coefficient (Wildman–Crippen LogP) is 4.77. The van der Waals surface area contributed by atoms with E-state index in [9.17, 15) is 14.5 Å². The summed E-state index contributed by atoms with van der Waals surface area (Å²) in [4.78, 5) is 10.4. The lowest BCUT2D eigenvalue weighted by Crippen LogP contribution is -2.19.